The Labute approximate surface area is 177 Å². The van der Waals surface area contributed by atoms with Gasteiger partial charge in [-0.15, -0.1) is 0 Å². The third kappa shape index (κ3) is 3.75. The van der Waals surface area contributed by atoms with Crippen molar-refractivity contribution in [2.24, 2.45) is 13.5 Å². The fourth-order valence-corrected chi connectivity index (χ4v) is 18.6. The molecule has 0 aromatic heterocycles. The molecule has 0 amide bonds. The Hall–Kier alpha value is -0.700. The Bertz CT molecular complexity index is 1010. The minimum Gasteiger partial charge on any atom is -0.253 e. The van der Waals surface area contributed by atoms with Crippen LogP contribution in [0.25, 0.3) is 0 Å². The Morgan fingerprint density at radius 3 is 2.03 bits per heavy atom. The van der Waals surface area contributed by atoms with Gasteiger partial charge in [-0.25, -0.2) is 13.7 Å². The first kappa shape index (κ1) is 20.2. The number of nitrogens with zero attached hydrogens (tertiary/aromatic N) is 4. The summed E-state index contributed by atoms with van der Waals surface area (Å²) in [6.07, 6.45) is 3.33. The van der Waals surface area contributed by atoms with E-state index in [0.717, 1.165) is 56.1 Å². The molecule has 3 aliphatic rings. The lowest BCUT2D eigenvalue weighted by Gasteiger charge is -2.42. The Kier molecular flexibility index (Phi) is 5.64. The first-order valence-electron chi connectivity index (χ1n) is 10.1. The molecule has 1 saturated heterocycles. The van der Waals surface area contributed by atoms with Crippen LogP contribution in [0, 0.1) is 0 Å². The fraction of sp³-hybridized carbons (Fsp3) is 0.368. The van der Waals surface area contributed by atoms with Crippen LogP contribution in [0.2, 0.25) is 0 Å². The highest BCUT2D eigenvalue weighted by molar-refractivity contribution is 8.00. The van der Waals surface area contributed by atoms with Gasteiger partial charge in [-0.2, -0.15) is 4.52 Å². The van der Waals surface area contributed by atoms with Crippen LogP contribution in [0.1, 0.15) is 19.3 Å². The fourth-order valence-electron chi connectivity index (χ4n) is 4.06. The predicted molar refractivity (Wildman–Crippen MR) is 127 cm³/mol. The van der Waals surface area contributed by atoms with Crippen molar-refractivity contribution in [1.82, 2.24) is 14.8 Å². The molecule has 3 aliphatic heterocycles. The Morgan fingerprint density at radius 1 is 0.724 bits per heavy atom. The van der Waals surface area contributed by atoms with Crippen LogP contribution in [-0.4, -0.2) is 30.8 Å². The summed E-state index contributed by atoms with van der Waals surface area (Å²) < 4.78 is 18.7. The van der Waals surface area contributed by atoms with Crippen molar-refractivity contribution in [1.29, 1.82) is 0 Å². The van der Waals surface area contributed by atoms with E-state index in [-0.39, 0.29) is 0 Å². The van der Waals surface area contributed by atoms with E-state index in [4.69, 9.17) is 24.8 Å². The maximum Gasteiger partial charge on any atom is 0.235 e. The summed E-state index contributed by atoms with van der Waals surface area (Å²) in [5, 5.41) is 9.62. The van der Waals surface area contributed by atoms with E-state index in [0.29, 0.717) is 0 Å². The summed E-state index contributed by atoms with van der Waals surface area (Å²) in [5.74, 6) is 0. The average Bonchev–Trinajstić information content (AvgIpc) is 2.80. The zero-order valence-corrected chi connectivity index (χ0v) is 19.7. The van der Waals surface area contributed by atoms with Gasteiger partial charge in [-0.3, -0.25) is 10.2 Å². The highest BCUT2D eigenvalue weighted by atomic mass is 35.7. The number of hydrogen-bond donors (Lipinski definition) is 2. The Morgan fingerprint density at radius 2 is 1.34 bits per heavy atom. The number of hydrogen-bond acceptors (Lipinski definition) is 6. The van der Waals surface area contributed by atoms with Crippen molar-refractivity contribution in [3.05, 3.63) is 60.7 Å². The van der Waals surface area contributed by atoms with Gasteiger partial charge in [0, 0.05) is 36.8 Å². The van der Waals surface area contributed by atoms with Crippen LogP contribution >= 0.6 is 32.7 Å². The van der Waals surface area contributed by atoms with Gasteiger partial charge in [0.25, 0.3) is 0 Å². The van der Waals surface area contributed by atoms with E-state index in [1.54, 1.807) is 0 Å². The van der Waals surface area contributed by atoms with Crippen LogP contribution in [0.5, 0.6) is 0 Å². The number of nitrogens with one attached hydrogen (secondary N) is 2. The molecule has 3 heterocycles. The highest BCUT2D eigenvalue weighted by Crippen LogP contribution is 2.78. The lowest BCUT2D eigenvalue weighted by Crippen LogP contribution is -2.36. The van der Waals surface area contributed by atoms with E-state index in [2.05, 4.69) is 63.4 Å². The van der Waals surface area contributed by atoms with Gasteiger partial charge in [-0.1, -0.05) is 60.7 Å². The van der Waals surface area contributed by atoms with Crippen LogP contribution in [0.3, 0.4) is 0 Å². The molecule has 0 unspecified atom stereocenters. The smallest absolute Gasteiger partial charge is 0.235 e. The molecule has 154 valence electrons. The zero-order chi connectivity index (χ0) is 19.8. The van der Waals surface area contributed by atoms with Gasteiger partial charge >= 0.3 is 0 Å². The van der Waals surface area contributed by atoms with Gasteiger partial charge < -0.3 is 0 Å². The summed E-state index contributed by atoms with van der Waals surface area (Å²) >= 11 is 7.25. The molecule has 2 N–H and O–H groups in total. The molecule has 10 heteroatoms. The highest BCUT2D eigenvalue weighted by Gasteiger charge is 2.42. The van der Waals surface area contributed by atoms with Gasteiger partial charge in [0.05, 0.1) is 0 Å². The van der Waals surface area contributed by atoms with Crippen molar-refractivity contribution in [2.75, 3.05) is 26.2 Å². The van der Waals surface area contributed by atoms with Crippen molar-refractivity contribution in [3.63, 3.8) is 0 Å². The molecule has 6 nitrogen and oxygen atoms in total. The third-order valence-electron chi connectivity index (χ3n) is 5.45. The molecule has 1 spiro atoms. The van der Waals surface area contributed by atoms with Crippen LogP contribution in [0.4, 0.5) is 0 Å². The molecule has 0 radical (unpaired) electrons. The standard InChI is InChI=1S/C19H26ClN6P3/c20-28-21-14-7-8-16-26-17-9-15-22-29(26,25-28)24-27(23-28,18-10-3-1-4-11-18)19-12-5-2-6-13-19/h1-6,10-13,21-22H,7-9,14-17H2/t28-,29+/m0/s1. The van der Waals surface area contributed by atoms with Crippen LogP contribution in [0.15, 0.2) is 74.2 Å². The third-order valence-corrected chi connectivity index (χ3v) is 17.5. The zero-order valence-electron chi connectivity index (χ0n) is 16.2. The first-order chi connectivity index (χ1) is 14.1. The lowest BCUT2D eigenvalue weighted by atomic mass is 10.3. The second-order valence-corrected chi connectivity index (χ2v) is 16.6. The van der Waals surface area contributed by atoms with Crippen LogP contribution < -0.4 is 20.8 Å². The van der Waals surface area contributed by atoms with E-state index in [9.17, 15) is 0 Å². The number of rotatable bonds is 2. The van der Waals surface area contributed by atoms with Gasteiger partial charge in [0.2, 0.25) is 14.2 Å². The SMILES string of the molecule is Cl[P@@]12=N[P@]3(=NP(c4ccccc4)(c4ccccc4)=N1)NCCCN3CCCCN2. The number of halogens is 1. The van der Waals surface area contributed by atoms with Crippen LogP contribution in [-0.2, 0) is 0 Å². The van der Waals surface area contributed by atoms with Crippen molar-refractivity contribution < 1.29 is 0 Å². The quantitative estimate of drug-likeness (QED) is 0.568. The van der Waals surface area contributed by atoms with Crippen molar-refractivity contribution >= 4 is 43.3 Å². The average molecular weight is 467 g/mol. The summed E-state index contributed by atoms with van der Waals surface area (Å²) in [6.45, 7) is 1.22. The molecular weight excluding hydrogens is 441 g/mol. The van der Waals surface area contributed by atoms with E-state index >= 15 is 0 Å². The van der Waals surface area contributed by atoms with Crippen molar-refractivity contribution in [3.8, 4) is 0 Å². The van der Waals surface area contributed by atoms with Gasteiger partial charge in [0.15, 0.2) is 0 Å². The van der Waals surface area contributed by atoms with E-state index in [1.165, 1.54) is 0 Å². The topological polar surface area (TPSA) is 64.4 Å². The molecule has 2 atom stereocenters. The van der Waals surface area contributed by atoms with E-state index in [1.807, 2.05) is 12.1 Å². The summed E-state index contributed by atoms with van der Waals surface area (Å²) in [4.78, 5) is 0. The molecule has 2 aromatic carbocycles. The maximum atomic E-state index is 7.25. The first-order valence-corrected chi connectivity index (χ1v) is 16.1. The van der Waals surface area contributed by atoms with Crippen molar-refractivity contribution in [2.45, 2.75) is 19.3 Å². The maximum absolute atomic E-state index is 7.25. The predicted octanol–water partition coefficient (Wildman–Crippen LogP) is 5.58. The molecular formula is C19H26ClN6P3. The lowest BCUT2D eigenvalue weighted by molar-refractivity contribution is 0.400. The monoisotopic (exact) mass is 466 g/mol. The summed E-state index contributed by atoms with van der Waals surface area (Å²) in [7, 11) is -4.76. The second-order valence-electron chi connectivity index (χ2n) is 7.46. The number of benzene rings is 2. The second kappa shape index (κ2) is 8.09. The van der Waals surface area contributed by atoms with E-state index < -0.39 is 21.4 Å². The molecule has 2 aromatic rings. The molecule has 2 bridgehead atoms. The summed E-state index contributed by atoms with van der Waals surface area (Å²) in [6, 6.07) is 21.0. The summed E-state index contributed by atoms with van der Waals surface area (Å²) in [5.41, 5.74) is 0. The molecule has 0 saturated carbocycles. The van der Waals surface area contributed by atoms with Gasteiger partial charge in [0.1, 0.15) is 7.21 Å². The Balaban J connectivity index is 1.88. The normalized spacial score (nSPS) is 31.6. The molecule has 5 rings (SSSR count). The largest absolute Gasteiger partial charge is 0.253 e. The minimum absolute atomic E-state index is 0.849. The van der Waals surface area contributed by atoms with Gasteiger partial charge in [-0.05, 0) is 30.5 Å². The molecule has 0 aliphatic carbocycles. The molecule has 29 heavy (non-hydrogen) atoms. The molecule has 1 fully saturated rings. The minimum atomic E-state index is -2.59.